The van der Waals surface area contributed by atoms with Crippen molar-refractivity contribution in [1.29, 1.82) is 0 Å². The van der Waals surface area contributed by atoms with Gasteiger partial charge in [-0.25, -0.2) is 4.98 Å². The van der Waals surface area contributed by atoms with Crippen molar-refractivity contribution in [1.82, 2.24) is 9.55 Å². The number of benzene rings is 4. The van der Waals surface area contributed by atoms with Gasteiger partial charge >= 0.3 is 0 Å². The van der Waals surface area contributed by atoms with Crippen molar-refractivity contribution >= 4 is 44.8 Å². The average molecular weight is 377 g/mol. The standard InChI is InChI=1S/C24H19N5/c1-29-22-14-8-7-13-20(22)26-24(29)28-27-23-19-12-6-5-9-17(19)15-16-21(23)25-18-10-3-2-4-11-18/h2-16,25H,1H3/b28-27+. The second-order valence-electron chi connectivity index (χ2n) is 6.83. The fourth-order valence-electron chi connectivity index (χ4n) is 3.46. The van der Waals surface area contributed by atoms with Gasteiger partial charge in [-0.3, -0.25) is 0 Å². The molecule has 5 rings (SSSR count). The number of aromatic nitrogens is 2. The average Bonchev–Trinajstić information content (AvgIpc) is 3.09. The molecule has 140 valence electrons. The van der Waals surface area contributed by atoms with Crippen LogP contribution < -0.4 is 5.32 Å². The van der Waals surface area contributed by atoms with Gasteiger partial charge in [-0.05, 0) is 35.7 Å². The van der Waals surface area contributed by atoms with Crippen LogP contribution in [0.4, 0.5) is 23.0 Å². The highest BCUT2D eigenvalue weighted by atomic mass is 15.3. The van der Waals surface area contributed by atoms with Gasteiger partial charge in [-0.2, -0.15) is 0 Å². The number of anilines is 2. The summed E-state index contributed by atoms with van der Waals surface area (Å²) < 4.78 is 1.95. The zero-order valence-corrected chi connectivity index (χ0v) is 15.9. The van der Waals surface area contributed by atoms with Crippen molar-refractivity contribution < 1.29 is 0 Å². The molecule has 5 aromatic rings. The van der Waals surface area contributed by atoms with E-state index in [9.17, 15) is 0 Å². The number of imidazole rings is 1. The summed E-state index contributed by atoms with van der Waals surface area (Å²) in [6.07, 6.45) is 0. The number of nitrogens with one attached hydrogen (secondary N) is 1. The summed E-state index contributed by atoms with van der Waals surface area (Å²) in [5.41, 5.74) is 4.63. The molecule has 0 radical (unpaired) electrons. The molecule has 0 aliphatic heterocycles. The van der Waals surface area contributed by atoms with Crippen LogP contribution in [0.25, 0.3) is 21.8 Å². The number of hydrogen-bond acceptors (Lipinski definition) is 4. The number of nitrogens with zero attached hydrogens (tertiary/aromatic N) is 4. The van der Waals surface area contributed by atoms with E-state index >= 15 is 0 Å². The fourth-order valence-corrected chi connectivity index (χ4v) is 3.46. The lowest BCUT2D eigenvalue weighted by atomic mass is 10.1. The highest BCUT2D eigenvalue weighted by Crippen LogP contribution is 2.37. The van der Waals surface area contributed by atoms with Gasteiger partial charge in [0.15, 0.2) is 0 Å². The Balaban J connectivity index is 1.62. The van der Waals surface area contributed by atoms with E-state index in [1.54, 1.807) is 0 Å². The van der Waals surface area contributed by atoms with Gasteiger partial charge in [0, 0.05) is 18.1 Å². The van der Waals surface area contributed by atoms with E-state index < -0.39 is 0 Å². The molecule has 0 fully saturated rings. The SMILES string of the molecule is Cn1c(/N=N/c2c(Nc3ccccc3)ccc3ccccc23)nc2ccccc21. The van der Waals surface area contributed by atoms with E-state index in [2.05, 4.69) is 38.7 Å². The number of aryl methyl sites for hydroxylation is 1. The van der Waals surface area contributed by atoms with Crippen LogP contribution in [0.3, 0.4) is 0 Å². The molecule has 0 saturated carbocycles. The van der Waals surface area contributed by atoms with E-state index in [4.69, 9.17) is 0 Å². The van der Waals surface area contributed by atoms with Crippen LogP contribution in [-0.4, -0.2) is 9.55 Å². The molecule has 0 aliphatic rings. The summed E-state index contributed by atoms with van der Waals surface area (Å²) >= 11 is 0. The zero-order valence-electron chi connectivity index (χ0n) is 15.9. The first kappa shape index (κ1) is 17.1. The third-order valence-corrected chi connectivity index (χ3v) is 4.96. The normalized spacial score (nSPS) is 11.5. The molecule has 0 aliphatic carbocycles. The lowest BCUT2D eigenvalue weighted by Crippen LogP contribution is -1.91. The largest absolute Gasteiger partial charge is 0.354 e. The Labute approximate surface area is 168 Å². The first-order valence-corrected chi connectivity index (χ1v) is 9.46. The Morgan fingerprint density at radius 1 is 0.759 bits per heavy atom. The molecule has 0 spiro atoms. The molecule has 0 saturated heterocycles. The topological polar surface area (TPSA) is 54.6 Å². The number of hydrogen-bond donors (Lipinski definition) is 1. The molecule has 1 aromatic heterocycles. The molecular weight excluding hydrogens is 358 g/mol. The lowest BCUT2D eigenvalue weighted by Gasteiger charge is -2.11. The van der Waals surface area contributed by atoms with Crippen LogP contribution in [0.1, 0.15) is 0 Å². The van der Waals surface area contributed by atoms with Crippen LogP contribution in [0, 0.1) is 0 Å². The quantitative estimate of drug-likeness (QED) is 0.347. The van der Waals surface area contributed by atoms with Crippen LogP contribution in [-0.2, 0) is 7.05 Å². The maximum absolute atomic E-state index is 4.64. The van der Waals surface area contributed by atoms with Crippen molar-refractivity contribution in [3.8, 4) is 0 Å². The first-order valence-electron chi connectivity index (χ1n) is 9.46. The van der Waals surface area contributed by atoms with E-state index in [0.717, 1.165) is 38.9 Å². The second kappa shape index (κ2) is 7.20. The molecule has 1 N–H and O–H groups in total. The van der Waals surface area contributed by atoms with Crippen molar-refractivity contribution in [2.24, 2.45) is 17.3 Å². The Morgan fingerprint density at radius 3 is 2.38 bits per heavy atom. The van der Waals surface area contributed by atoms with Crippen molar-refractivity contribution in [3.63, 3.8) is 0 Å². The second-order valence-corrected chi connectivity index (χ2v) is 6.83. The van der Waals surface area contributed by atoms with E-state index in [1.807, 2.05) is 84.4 Å². The van der Waals surface area contributed by atoms with Gasteiger partial charge < -0.3 is 9.88 Å². The van der Waals surface area contributed by atoms with Crippen molar-refractivity contribution in [2.75, 3.05) is 5.32 Å². The number of para-hydroxylation sites is 3. The predicted octanol–water partition coefficient (Wildman–Crippen LogP) is 6.89. The third-order valence-electron chi connectivity index (χ3n) is 4.96. The van der Waals surface area contributed by atoms with Gasteiger partial charge in [-0.15, -0.1) is 10.2 Å². The van der Waals surface area contributed by atoms with Crippen LogP contribution in [0.15, 0.2) is 101 Å². The zero-order chi connectivity index (χ0) is 19.6. The molecule has 0 amide bonds. The predicted molar refractivity (Wildman–Crippen MR) is 119 cm³/mol. The van der Waals surface area contributed by atoms with E-state index in [-0.39, 0.29) is 0 Å². The molecule has 1 heterocycles. The summed E-state index contributed by atoms with van der Waals surface area (Å²) in [7, 11) is 1.95. The molecule has 4 aromatic carbocycles. The lowest BCUT2D eigenvalue weighted by molar-refractivity contribution is 0.922. The highest BCUT2D eigenvalue weighted by molar-refractivity contribution is 5.99. The number of fused-ring (bicyclic) bond motifs is 2. The molecule has 0 unspecified atom stereocenters. The number of rotatable bonds is 4. The summed E-state index contributed by atoms with van der Waals surface area (Å²) in [6, 6.07) is 30.4. The van der Waals surface area contributed by atoms with Crippen LogP contribution in [0.2, 0.25) is 0 Å². The van der Waals surface area contributed by atoms with Gasteiger partial charge in [0.2, 0.25) is 5.95 Å². The Hall–Kier alpha value is -3.99. The molecule has 29 heavy (non-hydrogen) atoms. The summed E-state index contributed by atoms with van der Waals surface area (Å²) in [5, 5.41) is 14.8. The fraction of sp³-hybridized carbons (Fsp3) is 0.0417. The molecule has 0 bridgehead atoms. The summed E-state index contributed by atoms with van der Waals surface area (Å²) in [4.78, 5) is 4.60. The van der Waals surface area contributed by atoms with Crippen molar-refractivity contribution in [3.05, 3.63) is 91.0 Å². The van der Waals surface area contributed by atoms with Crippen LogP contribution >= 0.6 is 0 Å². The van der Waals surface area contributed by atoms with Crippen molar-refractivity contribution in [2.45, 2.75) is 0 Å². The molecule has 5 nitrogen and oxygen atoms in total. The number of azo groups is 1. The van der Waals surface area contributed by atoms with Gasteiger partial charge in [0.05, 0.1) is 16.7 Å². The molecule has 5 heteroatoms. The molecular formula is C24H19N5. The smallest absolute Gasteiger partial charge is 0.250 e. The minimum absolute atomic E-state index is 0.574. The Morgan fingerprint density at radius 2 is 1.52 bits per heavy atom. The Kier molecular flexibility index (Phi) is 4.26. The van der Waals surface area contributed by atoms with Crippen LogP contribution in [0.5, 0.6) is 0 Å². The van der Waals surface area contributed by atoms with E-state index in [0.29, 0.717) is 5.95 Å². The first-order chi connectivity index (χ1) is 14.3. The summed E-state index contributed by atoms with van der Waals surface area (Å²) in [6.45, 7) is 0. The van der Waals surface area contributed by atoms with E-state index in [1.165, 1.54) is 0 Å². The highest BCUT2D eigenvalue weighted by Gasteiger charge is 2.10. The Bertz CT molecular complexity index is 1340. The van der Waals surface area contributed by atoms with Gasteiger partial charge in [0.25, 0.3) is 0 Å². The summed E-state index contributed by atoms with van der Waals surface area (Å²) in [5.74, 6) is 0.574. The minimum Gasteiger partial charge on any atom is -0.354 e. The third kappa shape index (κ3) is 3.23. The monoisotopic (exact) mass is 377 g/mol. The van der Waals surface area contributed by atoms with Gasteiger partial charge in [0.1, 0.15) is 5.69 Å². The maximum atomic E-state index is 4.64. The van der Waals surface area contributed by atoms with Gasteiger partial charge in [-0.1, -0.05) is 60.7 Å². The maximum Gasteiger partial charge on any atom is 0.250 e. The minimum atomic E-state index is 0.574. The molecule has 0 atom stereocenters.